The van der Waals surface area contributed by atoms with Gasteiger partial charge in [-0.15, -0.1) is 0 Å². The molecule has 0 heterocycles. The smallest absolute Gasteiger partial charge is 0.169 e. The highest BCUT2D eigenvalue weighted by Gasteiger charge is 2.11. The molecule has 4 nitrogen and oxygen atoms in total. The quantitative estimate of drug-likeness (QED) is 0.714. The number of rotatable bonds is 3. The van der Waals surface area contributed by atoms with Crippen LogP contribution in [0.5, 0.6) is 23.0 Å². The van der Waals surface area contributed by atoms with E-state index in [0.29, 0.717) is 28.3 Å². The van der Waals surface area contributed by atoms with Gasteiger partial charge in [0.15, 0.2) is 11.5 Å². The van der Waals surface area contributed by atoms with Gasteiger partial charge in [0.2, 0.25) is 0 Å². The molecule has 0 saturated carbocycles. The summed E-state index contributed by atoms with van der Waals surface area (Å²) in [4.78, 5) is 0. The summed E-state index contributed by atoms with van der Waals surface area (Å²) in [5.74, 6) is 1.83. The Balaban J connectivity index is 2.11. The van der Waals surface area contributed by atoms with E-state index in [1.807, 2.05) is 18.2 Å². The highest BCUT2D eigenvalue weighted by molar-refractivity contribution is 5.93. The van der Waals surface area contributed by atoms with Crippen LogP contribution in [0, 0.1) is 0 Å². The molecule has 0 aliphatic heterocycles. The maximum Gasteiger partial charge on any atom is 0.169 e. The van der Waals surface area contributed by atoms with Gasteiger partial charge in [-0.1, -0.05) is 24.3 Å². The lowest BCUT2D eigenvalue weighted by Gasteiger charge is -2.13. The number of nitrogens with two attached hydrogens (primary N) is 1. The Morgan fingerprint density at radius 2 is 1.67 bits per heavy atom. The van der Waals surface area contributed by atoms with E-state index < -0.39 is 0 Å². The average Bonchev–Trinajstić information content (AvgIpc) is 2.49. The largest absolute Gasteiger partial charge is 0.507 e. The van der Waals surface area contributed by atoms with Crippen LogP contribution in [0.3, 0.4) is 0 Å². The summed E-state index contributed by atoms with van der Waals surface area (Å²) in [5, 5.41) is 11.6. The molecular formula is C17H15NO3. The van der Waals surface area contributed by atoms with Crippen molar-refractivity contribution in [2.45, 2.75) is 0 Å². The molecule has 0 fully saturated rings. The fourth-order valence-corrected chi connectivity index (χ4v) is 2.26. The van der Waals surface area contributed by atoms with E-state index in [1.165, 1.54) is 0 Å². The van der Waals surface area contributed by atoms with Crippen molar-refractivity contribution in [3.05, 3.63) is 54.6 Å². The van der Waals surface area contributed by atoms with Gasteiger partial charge in [-0.3, -0.25) is 0 Å². The summed E-state index contributed by atoms with van der Waals surface area (Å²) in [6.07, 6.45) is 0. The van der Waals surface area contributed by atoms with Crippen molar-refractivity contribution >= 4 is 16.5 Å². The van der Waals surface area contributed by atoms with Crippen molar-refractivity contribution in [2.24, 2.45) is 0 Å². The molecule has 0 saturated heterocycles. The average molecular weight is 281 g/mol. The zero-order chi connectivity index (χ0) is 14.8. The molecule has 0 radical (unpaired) electrons. The van der Waals surface area contributed by atoms with Gasteiger partial charge in [0.25, 0.3) is 0 Å². The molecule has 0 aliphatic carbocycles. The van der Waals surface area contributed by atoms with Gasteiger partial charge in [-0.05, 0) is 29.7 Å². The summed E-state index contributed by atoms with van der Waals surface area (Å²) in [7, 11) is 1.56. The number of anilines is 1. The standard InChI is InChI=1S/C17H15NO3/c1-20-16-10-12(18)8-9-14(16)21-15-7-3-5-11-4-2-6-13(19)17(11)15/h2-10,19H,18H2,1H3. The molecule has 0 aliphatic rings. The SMILES string of the molecule is COc1cc(N)ccc1Oc1cccc2cccc(O)c12. The molecule has 106 valence electrons. The molecule has 3 N–H and O–H groups in total. The highest BCUT2D eigenvalue weighted by Crippen LogP contribution is 2.39. The van der Waals surface area contributed by atoms with Crippen LogP contribution >= 0.6 is 0 Å². The molecule has 0 aromatic heterocycles. The van der Waals surface area contributed by atoms with Crippen molar-refractivity contribution in [1.29, 1.82) is 0 Å². The number of ether oxygens (including phenoxy) is 2. The predicted molar refractivity (Wildman–Crippen MR) is 83.1 cm³/mol. The molecule has 0 bridgehead atoms. The Hall–Kier alpha value is -2.88. The number of benzene rings is 3. The third kappa shape index (κ3) is 2.43. The van der Waals surface area contributed by atoms with Crippen molar-refractivity contribution in [3.8, 4) is 23.0 Å². The normalized spacial score (nSPS) is 10.5. The van der Waals surface area contributed by atoms with Gasteiger partial charge < -0.3 is 20.3 Å². The molecule has 0 amide bonds. The van der Waals surface area contributed by atoms with Crippen LogP contribution in [0.2, 0.25) is 0 Å². The van der Waals surface area contributed by atoms with Crippen LogP contribution in [0.1, 0.15) is 0 Å². The zero-order valence-corrected chi connectivity index (χ0v) is 11.5. The van der Waals surface area contributed by atoms with Gasteiger partial charge in [0.1, 0.15) is 11.5 Å². The van der Waals surface area contributed by atoms with Crippen LogP contribution in [0.25, 0.3) is 10.8 Å². The summed E-state index contributed by atoms with van der Waals surface area (Å²) < 4.78 is 11.2. The zero-order valence-electron chi connectivity index (χ0n) is 11.5. The molecule has 0 spiro atoms. The maximum atomic E-state index is 10.1. The second-order valence-electron chi connectivity index (χ2n) is 4.64. The lowest BCUT2D eigenvalue weighted by atomic mass is 10.1. The molecule has 0 atom stereocenters. The lowest BCUT2D eigenvalue weighted by molar-refractivity contribution is 0.380. The van der Waals surface area contributed by atoms with E-state index in [4.69, 9.17) is 15.2 Å². The lowest BCUT2D eigenvalue weighted by Crippen LogP contribution is -1.93. The molecule has 21 heavy (non-hydrogen) atoms. The first-order chi connectivity index (χ1) is 10.2. The second kappa shape index (κ2) is 5.25. The fraction of sp³-hybridized carbons (Fsp3) is 0.0588. The minimum absolute atomic E-state index is 0.178. The summed E-state index contributed by atoms with van der Waals surface area (Å²) in [6.45, 7) is 0. The molecule has 3 aromatic carbocycles. The van der Waals surface area contributed by atoms with Crippen molar-refractivity contribution in [3.63, 3.8) is 0 Å². The number of aromatic hydroxyl groups is 1. The third-order valence-corrected chi connectivity index (χ3v) is 3.25. The Morgan fingerprint density at radius 1 is 0.905 bits per heavy atom. The Bertz CT molecular complexity index is 794. The molecule has 4 heteroatoms. The Kier molecular flexibility index (Phi) is 3.28. The predicted octanol–water partition coefficient (Wildman–Crippen LogP) is 3.93. The van der Waals surface area contributed by atoms with Crippen molar-refractivity contribution in [2.75, 3.05) is 12.8 Å². The van der Waals surface area contributed by atoms with Gasteiger partial charge in [0.05, 0.1) is 12.5 Å². The van der Waals surface area contributed by atoms with E-state index in [-0.39, 0.29) is 5.75 Å². The maximum absolute atomic E-state index is 10.1. The van der Waals surface area contributed by atoms with Crippen LogP contribution < -0.4 is 15.2 Å². The number of hydrogen-bond acceptors (Lipinski definition) is 4. The first-order valence-electron chi connectivity index (χ1n) is 6.51. The molecule has 0 unspecified atom stereocenters. The van der Waals surface area contributed by atoms with Crippen LogP contribution in [-0.4, -0.2) is 12.2 Å². The number of phenolic OH excluding ortho intramolecular Hbond substituents is 1. The van der Waals surface area contributed by atoms with Gasteiger partial charge in [-0.2, -0.15) is 0 Å². The van der Waals surface area contributed by atoms with E-state index in [0.717, 1.165) is 5.39 Å². The van der Waals surface area contributed by atoms with Crippen molar-refractivity contribution in [1.82, 2.24) is 0 Å². The number of methoxy groups -OCH3 is 1. The minimum Gasteiger partial charge on any atom is -0.507 e. The van der Waals surface area contributed by atoms with Crippen LogP contribution in [-0.2, 0) is 0 Å². The number of hydrogen-bond donors (Lipinski definition) is 2. The van der Waals surface area contributed by atoms with Crippen molar-refractivity contribution < 1.29 is 14.6 Å². The fourth-order valence-electron chi connectivity index (χ4n) is 2.26. The van der Waals surface area contributed by atoms with E-state index in [1.54, 1.807) is 43.5 Å². The highest BCUT2D eigenvalue weighted by atomic mass is 16.5. The van der Waals surface area contributed by atoms with Gasteiger partial charge >= 0.3 is 0 Å². The molecule has 3 rings (SSSR count). The Morgan fingerprint density at radius 3 is 2.43 bits per heavy atom. The number of phenols is 1. The monoisotopic (exact) mass is 281 g/mol. The third-order valence-electron chi connectivity index (χ3n) is 3.25. The van der Waals surface area contributed by atoms with E-state index in [9.17, 15) is 5.11 Å². The number of nitrogen functional groups attached to an aromatic ring is 1. The Labute approximate surface area is 122 Å². The first-order valence-corrected chi connectivity index (χ1v) is 6.51. The topological polar surface area (TPSA) is 64.7 Å². The summed E-state index contributed by atoms with van der Waals surface area (Å²) in [5.41, 5.74) is 6.33. The molecule has 3 aromatic rings. The minimum atomic E-state index is 0.178. The molecular weight excluding hydrogens is 266 g/mol. The van der Waals surface area contributed by atoms with Gasteiger partial charge in [0, 0.05) is 11.8 Å². The summed E-state index contributed by atoms with van der Waals surface area (Å²) >= 11 is 0. The number of fused-ring (bicyclic) bond motifs is 1. The van der Waals surface area contributed by atoms with Gasteiger partial charge in [-0.25, -0.2) is 0 Å². The van der Waals surface area contributed by atoms with Crippen LogP contribution in [0.15, 0.2) is 54.6 Å². The summed E-state index contributed by atoms with van der Waals surface area (Å²) in [6, 6.07) is 16.1. The van der Waals surface area contributed by atoms with E-state index in [2.05, 4.69) is 0 Å². The first kappa shape index (κ1) is 13.1. The van der Waals surface area contributed by atoms with E-state index >= 15 is 0 Å². The second-order valence-corrected chi connectivity index (χ2v) is 4.64. The van der Waals surface area contributed by atoms with Crippen LogP contribution in [0.4, 0.5) is 5.69 Å².